The number of benzene rings is 2. The highest BCUT2D eigenvalue weighted by atomic mass is 35.5. The molecule has 0 heterocycles. The van der Waals surface area contributed by atoms with Crippen LogP contribution in [0.4, 0.5) is 5.69 Å². The predicted molar refractivity (Wildman–Crippen MR) is 101 cm³/mol. The lowest BCUT2D eigenvalue weighted by Crippen LogP contribution is -2.30. The smallest absolute Gasteiger partial charge is 0.257 e. The van der Waals surface area contributed by atoms with Crippen LogP contribution in [0.2, 0.25) is 10.0 Å². The molecule has 8 heteroatoms. The topological polar surface area (TPSA) is 75.3 Å². The highest BCUT2D eigenvalue weighted by Gasteiger charge is 2.20. The van der Waals surface area contributed by atoms with Gasteiger partial charge in [0.1, 0.15) is 0 Å². The number of aryl methyl sites for hydroxylation is 1. The second-order valence-electron chi connectivity index (χ2n) is 5.83. The summed E-state index contributed by atoms with van der Waals surface area (Å²) < 4.78 is 27.0. The van der Waals surface area contributed by atoms with Gasteiger partial charge in [0, 0.05) is 16.8 Å². The Kier molecular flexibility index (Phi) is 6.11. The molecule has 2 aromatic rings. The van der Waals surface area contributed by atoms with Gasteiger partial charge < -0.3 is 5.32 Å². The van der Waals surface area contributed by atoms with Crippen LogP contribution in [-0.2, 0) is 10.0 Å². The standard InChI is InChI=1S/C17H18Cl2N2O3S/c1-10(2)21-25(23,24)13-5-6-15(19)14(9-13)17(22)20-16-7-4-12(18)8-11(16)3/h4-10,21H,1-3H3,(H,20,22). The van der Waals surface area contributed by atoms with Crippen LogP contribution >= 0.6 is 23.2 Å². The van der Waals surface area contributed by atoms with Crippen molar-refractivity contribution in [1.82, 2.24) is 4.72 Å². The molecule has 0 aliphatic carbocycles. The fourth-order valence-electron chi connectivity index (χ4n) is 2.18. The molecule has 0 fully saturated rings. The minimum atomic E-state index is -3.73. The van der Waals surface area contributed by atoms with Crippen molar-refractivity contribution < 1.29 is 13.2 Å². The van der Waals surface area contributed by atoms with E-state index in [4.69, 9.17) is 23.2 Å². The molecule has 0 unspecified atom stereocenters. The molecule has 0 spiro atoms. The highest BCUT2D eigenvalue weighted by Crippen LogP contribution is 2.24. The van der Waals surface area contributed by atoms with Crippen LogP contribution in [0.3, 0.4) is 0 Å². The molecule has 0 saturated carbocycles. The van der Waals surface area contributed by atoms with Gasteiger partial charge in [-0.05, 0) is 62.7 Å². The molecule has 134 valence electrons. The molecule has 0 aliphatic heterocycles. The van der Waals surface area contributed by atoms with Crippen LogP contribution in [-0.4, -0.2) is 20.4 Å². The Hall–Kier alpha value is -1.60. The van der Waals surface area contributed by atoms with Gasteiger partial charge in [-0.15, -0.1) is 0 Å². The van der Waals surface area contributed by atoms with Crippen molar-refractivity contribution in [2.24, 2.45) is 0 Å². The molecule has 2 rings (SSSR count). The van der Waals surface area contributed by atoms with Gasteiger partial charge in [-0.1, -0.05) is 23.2 Å². The molecule has 0 radical (unpaired) electrons. The summed E-state index contributed by atoms with van der Waals surface area (Å²) in [6.45, 7) is 5.23. The van der Waals surface area contributed by atoms with E-state index in [1.165, 1.54) is 18.2 Å². The van der Waals surface area contributed by atoms with Crippen LogP contribution in [0.15, 0.2) is 41.3 Å². The van der Waals surface area contributed by atoms with Crippen LogP contribution < -0.4 is 10.0 Å². The third kappa shape index (κ3) is 4.95. The van der Waals surface area contributed by atoms with Crippen molar-refractivity contribution in [3.63, 3.8) is 0 Å². The van der Waals surface area contributed by atoms with Crippen LogP contribution in [0.25, 0.3) is 0 Å². The van der Waals surface area contributed by atoms with Crippen molar-refractivity contribution in [2.45, 2.75) is 31.7 Å². The average Bonchev–Trinajstić information content (AvgIpc) is 2.49. The van der Waals surface area contributed by atoms with Crippen LogP contribution in [0.5, 0.6) is 0 Å². The molecule has 0 bridgehead atoms. The second-order valence-corrected chi connectivity index (χ2v) is 8.39. The highest BCUT2D eigenvalue weighted by molar-refractivity contribution is 7.89. The van der Waals surface area contributed by atoms with E-state index in [2.05, 4.69) is 10.0 Å². The summed E-state index contributed by atoms with van der Waals surface area (Å²) >= 11 is 12.0. The van der Waals surface area contributed by atoms with Crippen molar-refractivity contribution in [3.8, 4) is 0 Å². The molecular formula is C17H18Cl2N2O3S. The Labute approximate surface area is 157 Å². The number of hydrogen-bond donors (Lipinski definition) is 2. The van der Waals surface area contributed by atoms with Gasteiger partial charge in [-0.25, -0.2) is 13.1 Å². The summed E-state index contributed by atoms with van der Waals surface area (Å²) in [6, 6.07) is 8.77. The number of sulfonamides is 1. The fraction of sp³-hybridized carbons (Fsp3) is 0.235. The molecule has 1 amide bonds. The molecule has 25 heavy (non-hydrogen) atoms. The monoisotopic (exact) mass is 400 g/mol. The summed E-state index contributed by atoms with van der Waals surface area (Å²) in [5.74, 6) is -0.503. The van der Waals surface area contributed by atoms with Crippen molar-refractivity contribution in [1.29, 1.82) is 0 Å². The number of carbonyl (C=O) groups excluding carboxylic acids is 1. The summed E-state index contributed by atoms with van der Waals surface area (Å²) in [4.78, 5) is 12.5. The molecule has 2 N–H and O–H groups in total. The number of amides is 1. The largest absolute Gasteiger partial charge is 0.322 e. The van der Waals surface area contributed by atoms with E-state index in [1.807, 2.05) is 0 Å². The maximum Gasteiger partial charge on any atom is 0.257 e. The van der Waals surface area contributed by atoms with Gasteiger partial charge in [0.15, 0.2) is 0 Å². The molecule has 5 nitrogen and oxygen atoms in total. The van der Waals surface area contributed by atoms with E-state index < -0.39 is 15.9 Å². The summed E-state index contributed by atoms with van der Waals surface area (Å²) in [7, 11) is -3.73. The van der Waals surface area contributed by atoms with Gasteiger partial charge >= 0.3 is 0 Å². The number of rotatable bonds is 5. The molecule has 2 aromatic carbocycles. The zero-order valence-corrected chi connectivity index (χ0v) is 16.3. The fourth-order valence-corrected chi connectivity index (χ4v) is 3.89. The van der Waals surface area contributed by atoms with Crippen LogP contribution in [0, 0.1) is 6.92 Å². The van der Waals surface area contributed by atoms with Crippen molar-refractivity contribution in [2.75, 3.05) is 5.32 Å². The lowest BCUT2D eigenvalue weighted by atomic mass is 10.1. The first-order chi connectivity index (χ1) is 11.6. The third-order valence-corrected chi connectivity index (χ3v) is 5.54. The maximum absolute atomic E-state index is 12.5. The zero-order valence-electron chi connectivity index (χ0n) is 13.9. The van der Waals surface area contributed by atoms with E-state index in [0.717, 1.165) is 5.56 Å². The molecule has 0 aromatic heterocycles. The quantitative estimate of drug-likeness (QED) is 0.787. The average molecular weight is 401 g/mol. The molecule has 0 saturated heterocycles. The van der Waals surface area contributed by atoms with Gasteiger partial charge in [-0.2, -0.15) is 0 Å². The van der Waals surface area contributed by atoms with E-state index in [0.29, 0.717) is 10.7 Å². The Morgan fingerprint density at radius 2 is 1.76 bits per heavy atom. The first kappa shape index (κ1) is 19.7. The number of anilines is 1. The number of hydrogen-bond acceptors (Lipinski definition) is 3. The van der Waals surface area contributed by atoms with E-state index in [-0.39, 0.29) is 21.5 Å². The summed E-state index contributed by atoms with van der Waals surface area (Å²) in [5.41, 5.74) is 1.42. The second kappa shape index (κ2) is 7.74. The molecule has 0 aliphatic rings. The zero-order chi connectivity index (χ0) is 18.8. The minimum Gasteiger partial charge on any atom is -0.322 e. The van der Waals surface area contributed by atoms with Crippen LogP contribution in [0.1, 0.15) is 29.8 Å². The minimum absolute atomic E-state index is 0.0245. The summed E-state index contributed by atoms with van der Waals surface area (Å²) in [6.07, 6.45) is 0. The van der Waals surface area contributed by atoms with Gasteiger partial charge in [0.25, 0.3) is 5.91 Å². The van der Waals surface area contributed by atoms with Gasteiger partial charge in [-0.3, -0.25) is 4.79 Å². The van der Waals surface area contributed by atoms with Crippen molar-refractivity contribution in [3.05, 3.63) is 57.6 Å². The third-order valence-electron chi connectivity index (χ3n) is 3.32. The lowest BCUT2D eigenvalue weighted by Gasteiger charge is -2.13. The number of carbonyl (C=O) groups is 1. The lowest BCUT2D eigenvalue weighted by molar-refractivity contribution is 0.102. The SMILES string of the molecule is Cc1cc(Cl)ccc1NC(=O)c1cc(S(=O)(=O)NC(C)C)ccc1Cl. The first-order valence-corrected chi connectivity index (χ1v) is 9.73. The molecule has 0 atom stereocenters. The first-order valence-electron chi connectivity index (χ1n) is 7.49. The van der Waals surface area contributed by atoms with Gasteiger partial charge in [0.05, 0.1) is 15.5 Å². The summed E-state index contributed by atoms with van der Waals surface area (Å²) in [5, 5.41) is 3.43. The van der Waals surface area contributed by atoms with E-state index in [9.17, 15) is 13.2 Å². The Morgan fingerprint density at radius 1 is 1.08 bits per heavy atom. The molecular weight excluding hydrogens is 383 g/mol. The van der Waals surface area contributed by atoms with Crippen molar-refractivity contribution >= 4 is 44.8 Å². The maximum atomic E-state index is 12.5. The Balaban J connectivity index is 2.35. The predicted octanol–water partition coefficient (Wildman–Crippen LogP) is 4.24. The number of nitrogens with one attached hydrogen (secondary N) is 2. The Morgan fingerprint density at radius 3 is 2.36 bits per heavy atom. The van der Waals surface area contributed by atoms with E-state index >= 15 is 0 Å². The number of halogens is 2. The normalized spacial score (nSPS) is 11.6. The van der Waals surface area contributed by atoms with Gasteiger partial charge in [0.2, 0.25) is 10.0 Å². The van der Waals surface area contributed by atoms with E-state index in [1.54, 1.807) is 39.0 Å². The Bertz CT molecular complexity index is 912.